The molecule has 0 aromatic rings. The second-order valence-electron chi connectivity index (χ2n) is 6.88. The molecule has 0 aromatic heterocycles. The third kappa shape index (κ3) is 2.77. The molecule has 2 N–H and O–H groups in total. The van der Waals surface area contributed by atoms with Crippen LogP contribution in [0, 0.1) is 29.1 Å². The number of carboxylic acid groups (broad SMARTS) is 1. The Bertz CT molecular complexity index is 378. The number of hydrogen-bond acceptors (Lipinski definition) is 2. The second kappa shape index (κ2) is 5.14. The number of hydrogen-bond donors (Lipinski definition) is 2. The summed E-state index contributed by atoms with van der Waals surface area (Å²) in [6.07, 6.45) is 4.96. The Balaban J connectivity index is 1.84. The molecular weight excluding hydrogens is 242 g/mol. The van der Waals surface area contributed by atoms with Gasteiger partial charge in [-0.2, -0.15) is 0 Å². The number of carbonyl (C=O) groups excluding carboxylic acids is 1. The fourth-order valence-corrected chi connectivity index (χ4v) is 3.63. The van der Waals surface area contributed by atoms with Gasteiger partial charge in [0.25, 0.3) is 0 Å². The first-order valence-electron chi connectivity index (χ1n) is 7.36. The third-order valence-electron chi connectivity index (χ3n) is 5.20. The van der Waals surface area contributed by atoms with Crippen LogP contribution in [0.1, 0.15) is 46.5 Å². The van der Waals surface area contributed by atoms with E-state index in [1.54, 1.807) is 0 Å². The maximum atomic E-state index is 12.1. The van der Waals surface area contributed by atoms with Gasteiger partial charge in [0.05, 0.1) is 11.8 Å². The second-order valence-corrected chi connectivity index (χ2v) is 6.88. The van der Waals surface area contributed by atoms with Crippen LogP contribution >= 0.6 is 0 Å². The SMILES string of the molecule is CC1CCCCC1CNC(=O)C1C(C(=O)O)C1(C)C. The van der Waals surface area contributed by atoms with Crippen LogP contribution in [-0.2, 0) is 9.59 Å². The van der Waals surface area contributed by atoms with Crippen molar-refractivity contribution in [1.29, 1.82) is 0 Å². The summed E-state index contributed by atoms with van der Waals surface area (Å²) >= 11 is 0. The molecule has 4 nitrogen and oxygen atoms in total. The molecule has 2 rings (SSSR count). The molecule has 0 saturated heterocycles. The molecule has 0 spiro atoms. The van der Waals surface area contributed by atoms with Crippen molar-refractivity contribution in [2.75, 3.05) is 6.54 Å². The molecule has 0 aromatic carbocycles. The van der Waals surface area contributed by atoms with Crippen LogP contribution in [-0.4, -0.2) is 23.5 Å². The zero-order valence-corrected chi connectivity index (χ0v) is 12.1. The molecule has 2 aliphatic carbocycles. The van der Waals surface area contributed by atoms with Crippen LogP contribution in [0.25, 0.3) is 0 Å². The van der Waals surface area contributed by atoms with E-state index in [2.05, 4.69) is 12.2 Å². The van der Waals surface area contributed by atoms with E-state index in [4.69, 9.17) is 5.11 Å². The molecule has 0 aliphatic heterocycles. The van der Waals surface area contributed by atoms with Gasteiger partial charge >= 0.3 is 5.97 Å². The molecule has 0 heterocycles. The fraction of sp³-hybridized carbons (Fsp3) is 0.867. The number of amides is 1. The Hall–Kier alpha value is -1.06. The van der Waals surface area contributed by atoms with Gasteiger partial charge in [-0.1, -0.05) is 40.0 Å². The zero-order valence-electron chi connectivity index (χ0n) is 12.1. The molecule has 4 unspecified atom stereocenters. The Morgan fingerprint density at radius 1 is 1.21 bits per heavy atom. The van der Waals surface area contributed by atoms with Crippen molar-refractivity contribution in [1.82, 2.24) is 5.32 Å². The third-order valence-corrected chi connectivity index (χ3v) is 5.20. The van der Waals surface area contributed by atoms with Gasteiger partial charge < -0.3 is 10.4 Å². The molecule has 0 radical (unpaired) electrons. The lowest BCUT2D eigenvalue weighted by atomic mass is 9.80. The predicted octanol–water partition coefficient (Wildman–Crippen LogP) is 2.29. The monoisotopic (exact) mass is 267 g/mol. The number of aliphatic carboxylic acids is 1. The first-order valence-corrected chi connectivity index (χ1v) is 7.36. The molecular formula is C15H25NO3. The topological polar surface area (TPSA) is 66.4 Å². The van der Waals surface area contributed by atoms with E-state index in [1.807, 2.05) is 13.8 Å². The summed E-state index contributed by atoms with van der Waals surface area (Å²) in [5.74, 6) is -0.578. The zero-order chi connectivity index (χ0) is 14.2. The van der Waals surface area contributed by atoms with Gasteiger partial charge in [-0.3, -0.25) is 9.59 Å². The van der Waals surface area contributed by atoms with E-state index in [0.29, 0.717) is 18.4 Å². The summed E-state index contributed by atoms with van der Waals surface area (Å²) in [5, 5.41) is 12.1. The lowest BCUT2D eigenvalue weighted by Crippen LogP contribution is -2.35. The highest BCUT2D eigenvalue weighted by Crippen LogP contribution is 2.58. The Morgan fingerprint density at radius 2 is 1.84 bits per heavy atom. The highest BCUT2D eigenvalue weighted by atomic mass is 16.4. The van der Waals surface area contributed by atoms with E-state index in [-0.39, 0.29) is 11.8 Å². The molecule has 1 amide bonds. The fourth-order valence-electron chi connectivity index (χ4n) is 3.63. The van der Waals surface area contributed by atoms with Crippen molar-refractivity contribution in [3.8, 4) is 0 Å². The normalized spacial score (nSPS) is 36.6. The van der Waals surface area contributed by atoms with Crippen molar-refractivity contribution < 1.29 is 14.7 Å². The van der Waals surface area contributed by atoms with Crippen LogP contribution in [0.3, 0.4) is 0 Å². The Labute approximate surface area is 115 Å². The van der Waals surface area contributed by atoms with Crippen LogP contribution in [0.2, 0.25) is 0 Å². The number of nitrogens with one attached hydrogen (secondary N) is 1. The number of carboxylic acids is 1. The number of rotatable bonds is 4. The molecule has 2 aliphatic rings. The molecule has 19 heavy (non-hydrogen) atoms. The Kier molecular flexibility index (Phi) is 3.88. The summed E-state index contributed by atoms with van der Waals surface area (Å²) in [6.45, 7) is 6.68. The highest BCUT2D eigenvalue weighted by molar-refractivity contribution is 5.91. The lowest BCUT2D eigenvalue weighted by molar-refractivity contribution is -0.140. The van der Waals surface area contributed by atoms with Crippen molar-refractivity contribution in [3.05, 3.63) is 0 Å². The van der Waals surface area contributed by atoms with E-state index in [1.165, 1.54) is 25.7 Å². The minimum Gasteiger partial charge on any atom is -0.481 e. The summed E-state index contributed by atoms with van der Waals surface area (Å²) in [6, 6.07) is 0. The van der Waals surface area contributed by atoms with Crippen LogP contribution in [0.4, 0.5) is 0 Å². The standard InChI is InChI=1S/C15H25NO3/c1-9-6-4-5-7-10(9)8-16-13(17)11-12(14(18)19)15(11,2)3/h9-12H,4-8H2,1-3H3,(H,16,17)(H,18,19). The van der Waals surface area contributed by atoms with E-state index < -0.39 is 17.3 Å². The molecule has 2 fully saturated rings. The van der Waals surface area contributed by atoms with Crippen LogP contribution in [0.15, 0.2) is 0 Å². The maximum Gasteiger partial charge on any atom is 0.307 e. The van der Waals surface area contributed by atoms with E-state index >= 15 is 0 Å². The summed E-state index contributed by atoms with van der Waals surface area (Å²) in [5.41, 5.74) is -0.395. The first-order chi connectivity index (χ1) is 8.85. The molecule has 0 bridgehead atoms. The summed E-state index contributed by atoms with van der Waals surface area (Å²) in [4.78, 5) is 23.2. The van der Waals surface area contributed by atoms with Gasteiger partial charge in [-0.15, -0.1) is 0 Å². The Morgan fingerprint density at radius 3 is 2.37 bits per heavy atom. The van der Waals surface area contributed by atoms with Gasteiger partial charge in [0.1, 0.15) is 0 Å². The molecule has 4 atom stereocenters. The molecule has 108 valence electrons. The van der Waals surface area contributed by atoms with E-state index in [9.17, 15) is 9.59 Å². The predicted molar refractivity (Wildman–Crippen MR) is 72.5 cm³/mol. The lowest BCUT2D eigenvalue weighted by Gasteiger charge is -2.28. The highest BCUT2D eigenvalue weighted by Gasteiger charge is 2.65. The van der Waals surface area contributed by atoms with Gasteiger partial charge in [0, 0.05) is 6.54 Å². The van der Waals surface area contributed by atoms with Gasteiger partial charge in [-0.25, -0.2) is 0 Å². The van der Waals surface area contributed by atoms with Crippen molar-refractivity contribution in [3.63, 3.8) is 0 Å². The summed E-state index contributed by atoms with van der Waals surface area (Å²) < 4.78 is 0. The quantitative estimate of drug-likeness (QED) is 0.821. The van der Waals surface area contributed by atoms with Crippen LogP contribution in [0.5, 0.6) is 0 Å². The number of carbonyl (C=O) groups is 2. The van der Waals surface area contributed by atoms with E-state index in [0.717, 1.165) is 0 Å². The first kappa shape index (κ1) is 14.4. The average molecular weight is 267 g/mol. The minimum atomic E-state index is -0.851. The van der Waals surface area contributed by atoms with Gasteiger partial charge in [0.15, 0.2) is 0 Å². The smallest absolute Gasteiger partial charge is 0.307 e. The van der Waals surface area contributed by atoms with Crippen LogP contribution < -0.4 is 5.32 Å². The van der Waals surface area contributed by atoms with Crippen molar-refractivity contribution >= 4 is 11.9 Å². The van der Waals surface area contributed by atoms with Crippen molar-refractivity contribution in [2.24, 2.45) is 29.1 Å². The molecule has 4 heteroatoms. The maximum absolute atomic E-state index is 12.1. The molecule has 2 saturated carbocycles. The van der Waals surface area contributed by atoms with Gasteiger partial charge in [-0.05, 0) is 23.7 Å². The summed E-state index contributed by atoms with van der Waals surface area (Å²) in [7, 11) is 0. The minimum absolute atomic E-state index is 0.0739. The largest absolute Gasteiger partial charge is 0.481 e. The van der Waals surface area contributed by atoms with Crippen molar-refractivity contribution in [2.45, 2.75) is 46.5 Å². The average Bonchev–Trinajstić information content (AvgIpc) is 2.91. The van der Waals surface area contributed by atoms with Gasteiger partial charge in [0.2, 0.25) is 5.91 Å².